The van der Waals surface area contributed by atoms with Crippen LogP contribution in [0.2, 0.25) is 0 Å². The molecular weight excluding hydrogens is 422 g/mol. The molecule has 2 aromatic heterocycles. The molecule has 1 atom stereocenters. The zero-order chi connectivity index (χ0) is 23.2. The summed E-state index contributed by atoms with van der Waals surface area (Å²) in [5, 5.41) is 16.1. The zero-order valence-corrected chi connectivity index (χ0v) is 18.6. The van der Waals surface area contributed by atoms with Crippen molar-refractivity contribution in [1.29, 1.82) is 0 Å². The van der Waals surface area contributed by atoms with E-state index in [0.29, 0.717) is 35.7 Å². The van der Waals surface area contributed by atoms with Crippen LogP contribution in [0, 0.1) is 0 Å². The number of carbonyl (C=O) groups excluding carboxylic acids is 1. The Balaban J connectivity index is 1.70. The number of hydrogen-bond donors (Lipinski definition) is 1. The number of esters is 1. The zero-order valence-electron chi connectivity index (χ0n) is 18.6. The molecule has 33 heavy (non-hydrogen) atoms. The monoisotopic (exact) mass is 447 g/mol. The Morgan fingerprint density at radius 3 is 2.88 bits per heavy atom. The van der Waals surface area contributed by atoms with Crippen molar-refractivity contribution in [2.24, 2.45) is 5.16 Å². The lowest BCUT2D eigenvalue weighted by Gasteiger charge is -2.31. The number of fused-ring (bicyclic) bond motifs is 5. The van der Waals surface area contributed by atoms with Gasteiger partial charge in [0.2, 0.25) is 0 Å². The Morgan fingerprint density at radius 2 is 2.09 bits per heavy atom. The van der Waals surface area contributed by atoms with Gasteiger partial charge in [-0.2, -0.15) is 0 Å². The van der Waals surface area contributed by atoms with Gasteiger partial charge in [-0.15, -0.1) is 0 Å². The minimum Gasteiger partial charge on any atom is -0.458 e. The number of oxime groups is 1. The lowest BCUT2D eigenvalue weighted by Crippen LogP contribution is -2.44. The van der Waals surface area contributed by atoms with Crippen molar-refractivity contribution in [2.45, 2.75) is 51.9 Å². The van der Waals surface area contributed by atoms with Crippen LogP contribution >= 0.6 is 0 Å². The smallest absolute Gasteiger partial charge is 0.343 e. The number of carbonyl (C=O) groups is 1. The van der Waals surface area contributed by atoms with Gasteiger partial charge in [0.1, 0.15) is 13.2 Å². The SMILES string of the molecule is CCCCON=Cc1c2c(nc3ccccc13)-c1cc3c(c(=O)n1C2)COC(=O)[C@]3(O)CC. The topological polar surface area (TPSA) is 103 Å². The molecule has 0 aliphatic carbocycles. The number of pyridine rings is 2. The van der Waals surface area contributed by atoms with Crippen LogP contribution in [0.4, 0.5) is 0 Å². The fraction of sp³-hybridized carbons (Fsp3) is 0.360. The van der Waals surface area contributed by atoms with Crippen molar-refractivity contribution in [3.8, 4) is 11.4 Å². The standard InChI is InChI=1S/C25H25N3O5/c1-3-5-10-33-26-12-16-15-8-6-7-9-20(15)27-22-17(16)13-28-21(22)11-19-18(23(28)29)14-32-24(30)25(19,31)4-2/h6-9,11-12,31H,3-5,10,13-14H2,1-2H3/t25-/m0/s1. The molecule has 0 bridgehead atoms. The summed E-state index contributed by atoms with van der Waals surface area (Å²) in [5.74, 6) is -0.733. The Bertz CT molecular complexity index is 1360. The molecule has 5 rings (SSSR count). The van der Waals surface area contributed by atoms with Gasteiger partial charge in [-0.25, -0.2) is 9.78 Å². The minimum atomic E-state index is -1.85. The molecule has 4 heterocycles. The average molecular weight is 447 g/mol. The van der Waals surface area contributed by atoms with Crippen molar-refractivity contribution in [1.82, 2.24) is 9.55 Å². The lowest BCUT2D eigenvalue weighted by molar-refractivity contribution is -0.172. The molecule has 1 aromatic carbocycles. The molecule has 2 aliphatic heterocycles. The van der Waals surface area contributed by atoms with Crippen LogP contribution in [0.5, 0.6) is 0 Å². The largest absolute Gasteiger partial charge is 0.458 e. The van der Waals surface area contributed by atoms with E-state index in [2.05, 4.69) is 12.1 Å². The highest BCUT2D eigenvalue weighted by molar-refractivity contribution is 6.02. The fourth-order valence-electron chi connectivity index (χ4n) is 4.56. The number of rotatable bonds is 6. The summed E-state index contributed by atoms with van der Waals surface area (Å²) < 4.78 is 6.77. The molecule has 1 N–H and O–H groups in total. The minimum absolute atomic E-state index is 0.104. The Labute approximate surface area is 190 Å². The first-order valence-corrected chi connectivity index (χ1v) is 11.2. The van der Waals surface area contributed by atoms with E-state index in [0.717, 1.165) is 34.9 Å². The van der Waals surface area contributed by atoms with Crippen LogP contribution in [0.1, 0.15) is 55.4 Å². The number of unbranched alkanes of at least 4 members (excludes halogenated alkanes) is 1. The van der Waals surface area contributed by atoms with E-state index in [1.54, 1.807) is 23.8 Å². The number of cyclic esters (lactones) is 1. The fourth-order valence-corrected chi connectivity index (χ4v) is 4.56. The molecule has 8 nitrogen and oxygen atoms in total. The molecule has 0 unspecified atom stereocenters. The van der Waals surface area contributed by atoms with E-state index in [-0.39, 0.29) is 18.6 Å². The number of para-hydroxylation sites is 1. The van der Waals surface area contributed by atoms with E-state index in [1.807, 2.05) is 24.3 Å². The third-order valence-corrected chi connectivity index (χ3v) is 6.48. The normalized spacial score (nSPS) is 18.8. The van der Waals surface area contributed by atoms with Crippen LogP contribution in [0.3, 0.4) is 0 Å². The molecule has 0 saturated carbocycles. The number of benzene rings is 1. The second-order valence-electron chi connectivity index (χ2n) is 8.39. The molecular formula is C25H25N3O5. The van der Waals surface area contributed by atoms with E-state index < -0.39 is 11.6 Å². The Hall–Kier alpha value is -3.52. The number of nitrogens with zero attached hydrogens (tertiary/aromatic N) is 3. The summed E-state index contributed by atoms with van der Waals surface area (Å²) in [4.78, 5) is 36.0. The quantitative estimate of drug-likeness (QED) is 0.211. The van der Waals surface area contributed by atoms with E-state index in [4.69, 9.17) is 14.6 Å². The van der Waals surface area contributed by atoms with Gasteiger partial charge >= 0.3 is 5.97 Å². The van der Waals surface area contributed by atoms with Crippen molar-refractivity contribution in [3.05, 3.63) is 62.9 Å². The highest BCUT2D eigenvalue weighted by Crippen LogP contribution is 2.39. The third-order valence-electron chi connectivity index (χ3n) is 6.48. The van der Waals surface area contributed by atoms with Crippen LogP contribution in [-0.4, -0.2) is 33.4 Å². The van der Waals surface area contributed by atoms with Crippen LogP contribution in [-0.2, 0) is 33.1 Å². The number of aromatic nitrogens is 2. The van der Waals surface area contributed by atoms with Crippen LogP contribution < -0.4 is 5.56 Å². The van der Waals surface area contributed by atoms with Gasteiger partial charge in [0, 0.05) is 22.1 Å². The molecule has 170 valence electrons. The second-order valence-corrected chi connectivity index (χ2v) is 8.39. The first-order valence-electron chi connectivity index (χ1n) is 11.2. The first kappa shape index (κ1) is 21.3. The van der Waals surface area contributed by atoms with Crippen molar-refractivity contribution < 1.29 is 19.5 Å². The summed E-state index contributed by atoms with van der Waals surface area (Å²) in [5.41, 5.74) is 2.13. The summed E-state index contributed by atoms with van der Waals surface area (Å²) in [7, 11) is 0. The molecule has 8 heteroatoms. The first-order chi connectivity index (χ1) is 16.0. The second kappa shape index (κ2) is 8.12. The summed E-state index contributed by atoms with van der Waals surface area (Å²) in [6.45, 7) is 4.47. The van der Waals surface area contributed by atoms with Crippen LogP contribution in [0.15, 0.2) is 40.3 Å². The van der Waals surface area contributed by atoms with Gasteiger partial charge < -0.3 is 19.2 Å². The van der Waals surface area contributed by atoms with E-state index in [1.165, 1.54) is 0 Å². The van der Waals surface area contributed by atoms with Gasteiger partial charge in [-0.1, -0.05) is 43.6 Å². The third kappa shape index (κ3) is 3.24. The van der Waals surface area contributed by atoms with Crippen molar-refractivity contribution >= 4 is 23.1 Å². The molecule has 0 saturated heterocycles. The molecule has 0 amide bonds. The number of aliphatic hydroxyl groups is 1. The number of hydrogen-bond acceptors (Lipinski definition) is 7. The summed E-state index contributed by atoms with van der Waals surface area (Å²) in [6.07, 6.45) is 3.72. The van der Waals surface area contributed by atoms with Crippen molar-refractivity contribution in [2.75, 3.05) is 6.61 Å². The highest BCUT2D eigenvalue weighted by atomic mass is 16.6. The molecule has 3 aromatic rings. The molecule has 0 radical (unpaired) electrons. The van der Waals surface area contributed by atoms with Gasteiger partial charge in [-0.3, -0.25) is 4.79 Å². The number of ether oxygens (including phenoxy) is 1. The average Bonchev–Trinajstić information content (AvgIpc) is 3.20. The van der Waals surface area contributed by atoms with Gasteiger partial charge in [0.05, 0.1) is 35.2 Å². The summed E-state index contributed by atoms with van der Waals surface area (Å²) >= 11 is 0. The van der Waals surface area contributed by atoms with Crippen LogP contribution in [0.25, 0.3) is 22.3 Å². The maximum atomic E-state index is 13.4. The maximum absolute atomic E-state index is 13.4. The Morgan fingerprint density at radius 1 is 1.27 bits per heavy atom. The van der Waals surface area contributed by atoms with Gasteiger partial charge in [-0.05, 0) is 25.0 Å². The van der Waals surface area contributed by atoms with Crippen molar-refractivity contribution in [3.63, 3.8) is 0 Å². The van der Waals surface area contributed by atoms with Gasteiger partial charge in [0.15, 0.2) is 5.60 Å². The van der Waals surface area contributed by atoms with E-state index >= 15 is 0 Å². The van der Waals surface area contributed by atoms with E-state index in [9.17, 15) is 14.7 Å². The molecule has 0 fully saturated rings. The maximum Gasteiger partial charge on any atom is 0.343 e. The summed E-state index contributed by atoms with van der Waals surface area (Å²) in [6, 6.07) is 9.43. The molecule has 0 spiro atoms. The highest BCUT2D eigenvalue weighted by Gasteiger charge is 2.45. The molecule has 2 aliphatic rings. The predicted molar refractivity (Wildman–Crippen MR) is 123 cm³/mol. The lowest BCUT2D eigenvalue weighted by atomic mass is 9.86. The Kier molecular flexibility index (Phi) is 5.25. The van der Waals surface area contributed by atoms with Gasteiger partial charge in [0.25, 0.3) is 5.56 Å². The predicted octanol–water partition coefficient (Wildman–Crippen LogP) is 3.23.